The maximum atomic E-state index is 11.8. The lowest BCUT2D eigenvalue weighted by Crippen LogP contribution is -2.33. The van der Waals surface area contributed by atoms with Crippen molar-refractivity contribution in [1.29, 1.82) is 0 Å². The first-order chi connectivity index (χ1) is 9.93. The minimum Gasteiger partial charge on any atom is -0.497 e. The number of hydrogen-bond acceptors (Lipinski definition) is 5. The van der Waals surface area contributed by atoms with Gasteiger partial charge in [0.15, 0.2) is 6.61 Å². The summed E-state index contributed by atoms with van der Waals surface area (Å²) in [5, 5.41) is 2.41. The fourth-order valence-electron chi connectivity index (χ4n) is 1.32. The van der Waals surface area contributed by atoms with E-state index in [9.17, 15) is 14.4 Å². The van der Waals surface area contributed by atoms with Crippen molar-refractivity contribution < 1.29 is 23.9 Å². The molecule has 1 aromatic carbocycles. The van der Waals surface area contributed by atoms with Gasteiger partial charge in [0.1, 0.15) is 12.3 Å². The molecule has 2 amide bonds. The number of hydrogen-bond donors (Lipinski definition) is 1. The SMILES string of the molecule is COc1ccc(C(=O)NCC(=O)OCC(=O)N(C)C)cc1. The van der Waals surface area contributed by atoms with Crippen molar-refractivity contribution >= 4 is 17.8 Å². The number of rotatable bonds is 6. The number of carbonyl (C=O) groups excluding carboxylic acids is 3. The van der Waals surface area contributed by atoms with E-state index in [1.54, 1.807) is 38.4 Å². The summed E-state index contributed by atoms with van der Waals surface area (Å²) in [7, 11) is 4.64. The van der Waals surface area contributed by atoms with Crippen LogP contribution in [0, 0.1) is 0 Å². The van der Waals surface area contributed by atoms with Crippen molar-refractivity contribution in [3.63, 3.8) is 0 Å². The zero-order valence-electron chi connectivity index (χ0n) is 12.2. The van der Waals surface area contributed by atoms with Gasteiger partial charge in [0.05, 0.1) is 7.11 Å². The second kappa shape index (κ2) is 7.88. The summed E-state index contributed by atoms with van der Waals surface area (Å²) >= 11 is 0. The Hall–Kier alpha value is -2.57. The van der Waals surface area contributed by atoms with Crippen LogP contribution >= 0.6 is 0 Å². The predicted molar refractivity (Wildman–Crippen MR) is 75.0 cm³/mol. The van der Waals surface area contributed by atoms with Crippen molar-refractivity contribution in [3.05, 3.63) is 29.8 Å². The Kier molecular flexibility index (Phi) is 6.19. The van der Waals surface area contributed by atoms with Crippen molar-refractivity contribution in [2.75, 3.05) is 34.4 Å². The highest BCUT2D eigenvalue weighted by Crippen LogP contribution is 2.10. The van der Waals surface area contributed by atoms with Gasteiger partial charge in [-0.05, 0) is 24.3 Å². The summed E-state index contributed by atoms with van der Waals surface area (Å²) in [6.45, 7) is -0.643. The van der Waals surface area contributed by atoms with Crippen molar-refractivity contribution in [3.8, 4) is 5.75 Å². The Morgan fingerprint density at radius 2 is 1.76 bits per heavy atom. The van der Waals surface area contributed by atoms with Crippen LogP contribution in [-0.2, 0) is 14.3 Å². The molecular formula is C14H18N2O5. The molecule has 21 heavy (non-hydrogen) atoms. The largest absolute Gasteiger partial charge is 0.497 e. The van der Waals surface area contributed by atoms with Gasteiger partial charge in [-0.25, -0.2) is 0 Å². The van der Waals surface area contributed by atoms with Crippen LogP contribution in [0.1, 0.15) is 10.4 Å². The lowest BCUT2D eigenvalue weighted by molar-refractivity contribution is -0.150. The highest BCUT2D eigenvalue weighted by Gasteiger charge is 2.11. The first-order valence-corrected chi connectivity index (χ1v) is 6.22. The highest BCUT2D eigenvalue weighted by molar-refractivity contribution is 5.96. The normalized spacial score (nSPS) is 9.67. The molecule has 0 spiro atoms. The van der Waals surface area contributed by atoms with Crippen LogP contribution in [0.4, 0.5) is 0 Å². The Labute approximate surface area is 122 Å². The van der Waals surface area contributed by atoms with Gasteiger partial charge in [-0.1, -0.05) is 0 Å². The lowest BCUT2D eigenvalue weighted by atomic mass is 10.2. The van der Waals surface area contributed by atoms with E-state index in [2.05, 4.69) is 5.32 Å². The van der Waals surface area contributed by atoms with Gasteiger partial charge in [-0.2, -0.15) is 0 Å². The number of esters is 1. The van der Waals surface area contributed by atoms with Crippen LogP contribution in [0.15, 0.2) is 24.3 Å². The molecule has 114 valence electrons. The van der Waals surface area contributed by atoms with E-state index < -0.39 is 11.9 Å². The van der Waals surface area contributed by atoms with E-state index >= 15 is 0 Å². The first-order valence-electron chi connectivity index (χ1n) is 6.22. The molecule has 0 atom stereocenters. The van der Waals surface area contributed by atoms with Crippen LogP contribution < -0.4 is 10.1 Å². The summed E-state index contributed by atoms with van der Waals surface area (Å²) in [6, 6.07) is 6.44. The molecule has 1 aromatic rings. The van der Waals surface area contributed by atoms with Gasteiger partial charge in [-0.3, -0.25) is 14.4 Å². The molecular weight excluding hydrogens is 276 g/mol. The molecule has 0 aliphatic rings. The molecule has 7 heteroatoms. The van der Waals surface area contributed by atoms with Crippen LogP contribution in [0.2, 0.25) is 0 Å². The Bertz CT molecular complexity index is 511. The number of carbonyl (C=O) groups is 3. The van der Waals surface area contributed by atoms with Gasteiger partial charge in [0.25, 0.3) is 11.8 Å². The number of ether oxygens (including phenoxy) is 2. The van der Waals surface area contributed by atoms with Gasteiger partial charge >= 0.3 is 5.97 Å². The van der Waals surface area contributed by atoms with E-state index in [0.717, 1.165) is 0 Å². The summed E-state index contributed by atoms with van der Waals surface area (Å²) in [5.74, 6) is -0.779. The van der Waals surface area contributed by atoms with E-state index in [1.807, 2.05) is 0 Å². The third-order valence-electron chi connectivity index (χ3n) is 2.60. The van der Waals surface area contributed by atoms with E-state index in [1.165, 1.54) is 12.0 Å². The van der Waals surface area contributed by atoms with E-state index in [0.29, 0.717) is 11.3 Å². The standard InChI is InChI=1S/C14H18N2O5/c1-16(2)12(17)9-21-13(18)8-15-14(19)10-4-6-11(20-3)7-5-10/h4-7H,8-9H2,1-3H3,(H,15,19). The zero-order valence-corrected chi connectivity index (χ0v) is 12.2. The van der Waals surface area contributed by atoms with Crippen LogP contribution in [0.5, 0.6) is 5.75 Å². The topological polar surface area (TPSA) is 84.9 Å². The molecule has 0 unspecified atom stereocenters. The lowest BCUT2D eigenvalue weighted by Gasteiger charge is -2.10. The number of benzene rings is 1. The predicted octanol–water partition coefficient (Wildman–Crippen LogP) is 0.0564. The summed E-state index contributed by atoms with van der Waals surface area (Å²) in [4.78, 5) is 35.7. The maximum absolute atomic E-state index is 11.8. The second-order valence-electron chi connectivity index (χ2n) is 4.36. The molecule has 0 fully saturated rings. The minimum atomic E-state index is -0.674. The Morgan fingerprint density at radius 3 is 2.29 bits per heavy atom. The molecule has 0 heterocycles. The Morgan fingerprint density at radius 1 is 1.14 bits per heavy atom. The van der Waals surface area contributed by atoms with Crippen molar-refractivity contribution in [2.24, 2.45) is 0 Å². The number of amides is 2. The molecule has 0 aromatic heterocycles. The fourth-order valence-corrected chi connectivity index (χ4v) is 1.32. The molecule has 1 rings (SSSR count). The van der Waals surface area contributed by atoms with Gasteiger partial charge in [0.2, 0.25) is 0 Å². The molecule has 0 saturated carbocycles. The van der Waals surface area contributed by atoms with Crippen molar-refractivity contribution in [2.45, 2.75) is 0 Å². The van der Waals surface area contributed by atoms with Crippen molar-refractivity contribution in [1.82, 2.24) is 10.2 Å². The van der Waals surface area contributed by atoms with Crippen LogP contribution in [0.3, 0.4) is 0 Å². The quantitative estimate of drug-likeness (QED) is 0.750. The highest BCUT2D eigenvalue weighted by atomic mass is 16.5. The third kappa shape index (κ3) is 5.52. The average Bonchev–Trinajstić information content (AvgIpc) is 2.50. The molecule has 0 aliphatic carbocycles. The van der Waals surface area contributed by atoms with Crippen LogP contribution in [0.25, 0.3) is 0 Å². The molecule has 0 radical (unpaired) electrons. The Balaban J connectivity index is 2.38. The second-order valence-corrected chi connectivity index (χ2v) is 4.36. The monoisotopic (exact) mass is 294 g/mol. The van der Waals surface area contributed by atoms with Gasteiger partial charge in [0, 0.05) is 19.7 Å². The number of nitrogens with zero attached hydrogens (tertiary/aromatic N) is 1. The molecule has 1 N–H and O–H groups in total. The van der Waals surface area contributed by atoms with E-state index in [4.69, 9.17) is 9.47 Å². The third-order valence-corrected chi connectivity index (χ3v) is 2.60. The molecule has 0 saturated heterocycles. The summed E-state index contributed by atoms with van der Waals surface area (Å²) < 4.78 is 9.70. The molecule has 0 bridgehead atoms. The molecule has 0 aliphatic heterocycles. The summed E-state index contributed by atoms with van der Waals surface area (Å²) in [6.07, 6.45) is 0. The average molecular weight is 294 g/mol. The fraction of sp³-hybridized carbons (Fsp3) is 0.357. The molecule has 7 nitrogen and oxygen atoms in total. The first kappa shape index (κ1) is 16.5. The number of methoxy groups -OCH3 is 1. The minimum absolute atomic E-state index is 0.300. The van der Waals surface area contributed by atoms with Gasteiger partial charge < -0.3 is 19.7 Å². The smallest absolute Gasteiger partial charge is 0.325 e. The number of likely N-dealkylation sites (N-methyl/N-ethyl adjacent to an activating group) is 1. The van der Waals surface area contributed by atoms with Gasteiger partial charge in [-0.15, -0.1) is 0 Å². The number of nitrogens with one attached hydrogen (secondary N) is 1. The van der Waals surface area contributed by atoms with Crippen LogP contribution in [-0.4, -0.2) is 57.0 Å². The summed E-state index contributed by atoms with van der Waals surface area (Å²) in [5.41, 5.74) is 0.396. The maximum Gasteiger partial charge on any atom is 0.325 e. The zero-order chi connectivity index (χ0) is 15.8. The van der Waals surface area contributed by atoms with E-state index in [-0.39, 0.29) is 19.1 Å².